The second-order valence-corrected chi connectivity index (χ2v) is 6.93. The molecule has 0 aliphatic carbocycles. The van der Waals surface area contributed by atoms with Crippen molar-refractivity contribution in [2.45, 2.75) is 19.9 Å². The second kappa shape index (κ2) is 5.73. The van der Waals surface area contributed by atoms with E-state index in [1.54, 1.807) is 0 Å². The summed E-state index contributed by atoms with van der Waals surface area (Å²) in [4.78, 5) is 26.0. The number of nitrogens with zero attached hydrogens (tertiary/aromatic N) is 2. The molecule has 0 spiro atoms. The summed E-state index contributed by atoms with van der Waals surface area (Å²) in [5, 5.41) is 10.4. The van der Waals surface area contributed by atoms with E-state index in [1.165, 1.54) is 4.90 Å². The number of carbonyl (C=O) groups excluding carboxylic acids is 1. The molecule has 1 aromatic heterocycles. The van der Waals surface area contributed by atoms with Crippen LogP contribution in [0.5, 0.6) is 0 Å². The zero-order chi connectivity index (χ0) is 18.6. The van der Waals surface area contributed by atoms with Gasteiger partial charge in [0.1, 0.15) is 12.2 Å². The summed E-state index contributed by atoms with van der Waals surface area (Å²) in [6, 6.07) is 13.6. The molecule has 26 heavy (non-hydrogen) atoms. The minimum Gasteiger partial charge on any atom is -0.480 e. The molecule has 2 aromatic carbocycles. The van der Waals surface area contributed by atoms with Crippen LogP contribution in [0.25, 0.3) is 10.9 Å². The van der Waals surface area contributed by atoms with Gasteiger partial charge < -0.3 is 14.6 Å². The van der Waals surface area contributed by atoms with Crippen LogP contribution in [0.15, 0.2) is 42.5 Å². The average Bonchev–Trinajstić information content (AvgIpc) is 3.03. The molecule has 5 heteroatoms. The van der Waals surface area contributed by atoms with E-state index in [0.717, 1.165) is 33.2 Å². The highest BCUT2D eigenvalue weighted by Crippen LogP contribution is 2.44. The normalized spacial score (nSPS) is 16.3. The van der Waals surface area contributed by atoms with Gasteiger partial charge in [0.25, 0.3) is 5.91 Å². The number of carboxylic acid groups (broad SMARTS) is 1. The summed E-state index contributed by atoms with van der Waals surface area (Å²) in [6.45, 7) is 3.71. The van der Waals surface area contributed by atoms with Crippen LogP contribution in [-0.2, 0) is 11.8 Å². The van der Waals surface area contributed by atoms with Gasteiger partial charge >= 0.3 is 5.97 Å². The number of amides is 1. The third-order valence-electron chi connectivity index (χ3n) is 5.22. The van der Waals surface area contributed by atoms with Crippen LogP contribution in [0, 0.1) is 13.8 Å². The number of rotatable bonds is 3. The van der Waals surface area contributed by atoms with Crippen LogP contribution in [0.4, 0.5) is 0 Å². The van der Waals surface area contributed by atoms with E-state index in [4.69, 9.17) is 0 Å². The van der Waals surface area contributed by atoms with Crippen molar-refractivity contribution in [2.75, 3.05) is 6.54 Å². The van der Waals surface area contributed by atoms with Gasteiger partial charge in [0, 0.05) is 23.5 Å². The van der Waals surface area contributed by atoms with Gasteiger partial charge in [-0.25, -0.2) is 0 Å². The van der Waals surface area contributed by atoms with Gasteiger partial charge in [-0.1, -0.05) is 42.0 Å². The molecule has 1 amide bonds. The van der Waals surface area contributed by atoms with Gasteiger partial charge in [0.15, 0.2) is 0 Å². The Morgan fingerprint density at radius 1 is 1.15 bits per heavy atom. The van der Waals surface area contributed by atoms with E-state index in [9.17, 15) is 14.7 Å². The number of para-hydroxylation sites is 1. The highest BCUT2D eigenvalue weighted by atomic mass is 16.4. The first-order chi connectivity index (χ1) is 12.4. The third-order valence-corrected chi connectivity index (χ3v) is 5.22. The number of aryl methyl sites for hydroxylation is 3. The van der Waals surface area contributed by atoms with Crippen LogP contribution in [-0.4, -0.2) is 33.0 Å². The standard InChI is InChI=1S/C21H20N2O3/c1-12-8-9-14(13(2)10-12)19-18-15-6-4-5-7-16(15)22(3)20(18)21(26)23(19)11-17(24)25/h4-10,19H,11H2,1-3H3,(H,24,25). The molecule has 1 N–H and O–H groups in total. The maximum atomic E-state index is 13.1. The van der Waals surface area contributed by atoms with Crippen molar-refractivity contribution in [1.82, 2.24) is 9.47 Å². The summed E-state index contributed by atoms with van der Waals surface area (Å²) < 4.78 is 1.88. The van der Waals surface area contributed by atoms with Crippen molar-refractivity contribution in [3.05, 3.63) is 70.4 Å². The van der Waals surface area contributed by atoms with Crippen molar-refractivity contribution in [2.24, 2.45) is 7.05 Å². The summed E-state index contributed by atoms with van der Waals surface area (Å²) in [5.41, 5.74) is 5.63. The Hall–Kier alpha value is -3.08. The van der Waals surface area contributed by atoms with Crippen LogP contribution in [0.1, 0.15) is 38.8 Å². The van der Waals surface area contributed by atoms with E-state index in [-0.39, 0.29) is 18.5 Å². The first-order valence-corrected chi connectivity index (χ1v) is 8.57. The molecule has 0 fully saturated rings. The number of benzene rings is 2. The van der Waals surface area contributed by atoms with Crippen LogP contribution < -0.4 is 0 Å². The Morgan fingerprint density at radius 2 is 1.88 bits per heavy atom. The van der Waals surface area contributed by atoms with Crippen molar-refractivity contribution >= 4 is 22.8 Å². The number of hydrogen-bond acceptors (Lipinski definition) is 2. The van der Waals surface area contributed by atoms with Gasteiger partial charge in [-0.3, -0.25) is 9.59 Å². The molecule has 5 nitrogen and oxygen atoms in total. The quantitative estimate of drug-likeness (QED) is 0.789. The van der Waals surface area contributed by atoms with Crippen LogP contribution >= 0.6 is 0 Å². The fraction of sp³-hybridized carbons (Fsp3) is 0.238. The van der Waals surface area contributed by atoms with Gasteiger partial charge in [-0.2, -0.15) is 0 Å². The largest absolute Gasteiger partial charge is 0.480 e. The minimum absolute atomic E-state index is 0.230. The molecule has 1 aliphatic heterocycles. The lowest BCUT2D eigenvalue weighted by Crippen LogP contribution is -2.34. The lowest BCUT2D eigenvalue weighted by Gasteiger charge is -2.26. The third kappa shape index (κ3) is 2.24. The van der Waals surface area contributed by atoms with Gasteiger partial charge in [-0.05, 0) is 31.0 Å². The minimum atomic E-state index is -1.01. The predicted octanol–water partition coefficient (Wildman–Crippen LogP) is 3.42. The Labute approximate surface area is 151 Å². The molecule has 0 bridgehead atoms. The summed E-state index contributed by atoms with van der Waals surface area (Å²) in [6.07, 6.45) is 0. The maximum absolute atomic E-state index is 13.1. The molecule has 1 aliphatic rings. The number of carboxylic acids is 1. The lowest BCUT2D eigenvalue weighted by molar-refractivity contribution is -0.138. The average molecular weight is 348 g/mol. The summed E-state index contributed by atoms with van der Waals surface area (Å²) in [7, 11) is 1.86. The van der Waals surface area contributed by atoms with Gasteiger partial charge in [-0.15, -0.1) is 0 Å². The molecule has 3 aromatic rings. The highest BCUT2D eigenvalue weighted by Gasteiger charge is 2.43. The zero-order valence-corrected chi connectivity index (χ0v) is 15.0. The molecular formula is C21H20N2O3. The molecule has 0 saturated heterocycles. The topological polar surface area (TPSA) is 62.5 Å². The molecule has 1 unspecified atom stereocenters. The lowest BCUT2D eigenvalue weighted by atomic mass is 9.93. The SMILES string of the molecule is Cc1ccc(C2c3c(n(C)c4ccccc34)C(=O)N2CC(=O)O)c(C)c1. The number of carbonyl (C=O) groups is 2. The Morgan fingerprint density at radius 3 is 2.58 bits per heavy atom. The Bertz CT molecular complexity index is 1060. The summed E-state index contributed by atoms with van der Waals surface area (Å²) in [5.74, 6) is -1.24. The number of hydrogen-bond donors (Lipinski definition) is 1. The molecule has 0 radical (unpaired) electrons. The highest BCUT2D eigenvalue weighted by molar-refractivity contribution is 6.07. The predicted molar refractivity (Wildman–Crippen MR) is 99.4 cm³/mol. The first kappa shape index (κ1) is 16.4. The second-order valence-electron chi connectivity index (χ2n) is 6.93. The van der Waals surface area contributed by atoms with Gasteiger partial charge in [0.2, 0.25) is 0 Å². The van der Waals surface area contributed by atoms with E-state index in [1.807, 2.05) is 61.9 Å². The van der Waals surface area contributed by atoms with E-state index >= 15 is 0 Å². The van der Waals surface area contributed by atoms with E-state index in [0.29, 0.717) is 5.69 Å². The van der Waals surface area contributed by atoms with E-state index < -0.39 is 5.97 Å². The maximum Gasteiger partial charge on any atom is 0.323 e. The Balaban J connectivity index is 2.02. The monoisotopic (exact) mass is 348 g/mol. The first-order valence-electron chi connectivity index (χ1n) is 8.57. The smallest absolute Gasteiger partial charge is 0.323 e. The molecular weight excluding hydrogens is 328 g/mol. The van der Waals surface area contributed by atoms with Crippen molar-refractivity contribution in [1.29, 1.82) is 0 Å². The fourth-order valence-corrected chi connectivity index (χ4v) is 4.13. The number of fused-ring (bicyclic) bond motifs is 3. The fourth-order valence-electron chi connectivity index (χ4n) is 4.13. The summed E-state index contributed by atoms with van der Waals surface area (Å²) >= 11 is 0. The molecule has 132 valence electrons. The molecule has 2 heterocycles. The number of aliphatic carboxylic acids is 1. The molecule has 4 rings (SSSR count). The van der Waals surface area contributed by atoms with Crippen molar-refractivity contribution in [3.63, 3.8) is 0 Å². The molecule has 1 atom stereocenters. The zero-order valence-electron chi connectivity index (χ0n) is 15.0. The van der Waals surface area contributed by atoms with Crippen LogP contribution in [0.2, 0.25) is 0 Å². The van der Waals surface area contributed by atoms with Crippen LogP contribution in [0.3, 0.4) is 0 Å². The molecule has 0 saturated carbocycles. The van der Waals surface area contributed by atoms with Crippen molar-refractivity contribution in [3.8, 4) is 0 Å². The van der Waals surface area contributed by atoms with Gasteiger partial charge in [0.05, 0.1) is 6.04 Å². The Kier molecular flexibility index (Phi) is 3.61. The van der Waals surface area contributed by atoms with Crippen molar-refractivity contribution < 1.29 is 14.7 Å². The van der Waals surface area contributed by atoms with E-state index in [2.05, 4.69) is 6.07 Å². The number of aromatic nitrogens is 1.